The second-order valence-electron chi connectivity index (χ2n) is 4.15. The van der Waals surface area contributed by atoms with Crippen molar-refractivity contribution in [2.45, 2.75) is 33.1 Å². The van der Waals surface area contributed by atoms with E-state index in [4.69, 9.17) is 0 Å². The Balaban J connectivity index is 2.15. The Hall–Kier alpha value is 0.1000. The van der Waals surface area contributed by atoms with E-state index in [1.165, 1.54) is 28.1 Å². The summed E-state index contributed by atoms with van der Waals surface area (Å²) in [6.07, 6.45) is 7.08. The third kappa shape index (κ3) is 3.60. The molecule has 2 aliphatic heterocycles. The fourth-order valence-corrected chi connectivity index (χ4v) is 7.56. The maximum absolute atomic E-state index is 3.86. The highest BCUT2D eigenvalue weighted by Gasteiger charge is 2.26. The van der Waals surface area contributed by atoms with Gasteiger partial charge < -0.3 is 0 Å². The molecule has 0 fully saturated rings. The maximum Gasteiger partial charge on any atom is 0.0700 e. The van der Waals surface area contributed by atoms with Crippen molar-refractivity contribution in [1.29, 1.82) is 0 Å². The summed E-state index contributed by atoms with van der Waals surface area (Å²) < 4.78 is 2.91. The zero-order chi connectivity index (χ0) is 13.8. The van der Waals surface area contributed by atoms with Crippen LogP contribution in [0.25, 0.3) is 0 Å². The number of rotatable bonds is 5. The highest BCUT2D eigenvalue weighted by atomic mass is 32.2. The van der Waals surface area contributed by atoms with Crippen LogP contribution in [0.4, 0.5) is 0 Å². The minimum absolute atomic E-state index is 0.972. The van der Waals surface area contributed by atoms with Crippen molar-refractivity contribution < 1.29 is 0 Å². The topological polar surface area (TPSA) is 0 Å². The van der Waals surface area contributed by atoms with Crippen molar-refractivity contribution in [2.75, 3.05) is 0 Å². The average molecular weight is 327 g/mol. The number of thioether (sulfide) groups is 4. The van der Waals surface area contributed by atoms with Crippen molar-refractivity contribution >= 4 is 47.0 Å². The van der Waals surface area contributed by atoms with E-state index < -0.39 is 0 Å². The first-order valence-corrected chi connectivity index (χ1v) is 9.55. The lowest BCUT2D eigenvalue weighted by atomic mass is 10.3. The molecule has 0 aromatic rings. The largest absolute Gasteiger partial charge is 0.103 e. The molecule has 0 N–H and O–H groups in total. The summed E-state index contributed by atoms with van der Waals surface area (Å²) in [4.78, 5) is 5.90. The molecule has 4 heteroatoms. The normalized spacial score (nSPS) is 19.7. The van der Waals surface area contributed by atoms with Gasteiger partial charge in [0.15, 0.2) is 0 Å². The van der Waals surface area contributed by atoms with Crippen molar-refractivity contribution in [1.82, 2.24) is 0 Å². The maximum atomic E-state index is 3.86. The van der Waals surface area contributed by atoms with E-state index in [0.29, 0.717) is 0 Å². The first-order chi connectivity index (χ1) is 9.19. The Bertz CT molecular complexity index is 470. The molecular formula is C15H18S4. The van der Waals surface area contributed by atoms with Crippen molar-refractivity contribution in [3.63, 3.8) is 0 Å². The van der Waals surface area contributed by atoms with Gasteiger partial charge in [-0.3, -0.25) is 0 Å². The summed E-state index contributed by atoms with van der Waals surface area (Å²) in [5.74, 6) is 0. The van der Waals surface area contributed by atoms with Crippen LogP contribution in [0.5, 0.6) is 0 Å². The molecule has 0 saturated heterocycles. The van der Waals surface area contributed by atoms with E-state index in [1.807, 2.05) is 59.2 Å². The predicted octanol–water partition coefficient (Wildman–Crippen LogP) is 7.08. The molecule has 0 amide bonds. The molecule has 0 saturated carbocycles. The van der Waals surface area contributed by atoms with Crippen LogP contribution < -0.4 is 0 Å². The minimum atomic E-state index is 0.972. The zero-order valence-electron chi connectivity index (χ0n) is 11.3. The molecule has 2 heterocycles. The average Bonchev–Trinajstić information content (AvgIpc) is 2.95. The van der Waals surface area contributed by atoms with E-state index in [9.17, 15) is 0 Å². The van der Waals surface area contributed by atoms with E-state index in [1.54, 1.807) is 0 Å². The van der Waals surface area contributed by atoms with Gasteiger partial charge in [0.05, 0.1) is 8.47 Å². The van der Waals surface area contributed by atoms with Gasteiger partial charge in [-0.1, -0.05) is 66.1 Å². The third-order valence-corrected chi connectivity index (χ3v) is 8.79. The lowest BCUT2D eigenvalue weighted by Gasteiger charge is -2.02. The summed E-state index contributed by atoms with van der Waals surface area (Å²) in [5.41, 5.74) is 0. The highest BCUT2D eigenvalue weighted by Crippen LogP contribution is 2.61. The van der Waals surface area contributed by atoms with Crippen molar-refractivity contribution in [2.24, 2.45) is 0 Å². The van der Waals surface area contributed by atoms with Gasteiger partial charge in [0.25, 0.3) is 0 Å². The van der Waals surface area contributed by atoms with Gasteiger partial charge in [-0.05, 0) is 36.0 Å². The minimum Gasteiger partial charge on any atom is -0.103 e. The molecule has 2 aliphatic rings. The molecule has 102 valence electrons. The van der Waals surface area contributed by atoms with Gasteiger partial charge in [-0.25, -0.2) is 0 Å². The first-order valence-electron chi connectivity index (χ1n) is 6.28. The Morgan fingerprint density at radius 2 is 1.32 bits per heavy atom. The quantitative estimate of drug-likeness (QED) is 0.495. The molecule has 0 atom stereocenters. The van der Waals surface area contributed by atoms with E-state index in [0.717, 1.165) is 19.3 Å². The predicted molar refractivity (Wildman–Crippen MR) is 97.0 cm³/mol. The number of hydrogen-bond donors (Lipinski definition) is 0. The Morgan fingerprint density at radius 3 is 1.74 bits per heavy atom. The summed E-state index contributed by atoms with van der Waals surface area (Å²) in [6.45, 7) is 12.2. The molecule has 0 nitrogen and oxygen atoms in total. The van der Waals surface area contributed by atoms with E-state index >= 15 is 0 Å². The number of allylic oxidation sites excluding steroid dienone is 6. The summed E-state index contributed by atoms with van der Waals surface area (Å²) in [5, 5.41) is 0. The van der Waals surface area contributed by atoms with Crippen LogP contribution in [-0.2, 0) is 0 Å². The molecule has 0 radical (unpaired) electrons. The molecule has 0 aliphatic carbocycles. The molecule has 19 heavy (non-hydrogen) atoms. The smallest absolute Gasteiger partial charge is 0.0700 e. The van der Waals surface area contributed by atoms with Crippen LogP contribution in [-0.4, -0.2) is 0 Å². The molecule has 2 rings (SSSR count). The summed E-state index contributed by atoms with van der Waals surface area (Å²) >= 11 is 7.76. The fourth-order valence-electron chi connectivity index (χ4n) is 1.82. The molecule has 0 aromatic heterocycles. The fraction of sp³-hybridized carbons (Fsp3) is 0.333. The van der Waals surface area contributed by atoms with Crippen LogP contribution in [0, 0.1) is 0 Å². The summed E-state index contributed by atoms with van der Waals surface area (Å²) in [6, 6.07) is 0. The molecule has 0 aromatic carbocycles. The van der Waals surface area contributed by atoms with Gasteiger partial charge in [0.2, 0.25) is 0 Å². The first kappa shape index (κ1) is 15.5. The van der Waals surface area contributed by atoms with Crippen LogP contribution in [0.1, 0.15) is 33.1 Å². The molecule has 0 unspecified atom stereocenters. The van der Waals surface area contributed by atoms with E-state index in [-0.39, 0.29) is 0 Å². The van der Waals surface area contributed by atoms with Crippen LogP contribution >= 0.6 is 47.0 Å². The van der Waals surface area contributed by atoms with Crippen LogP contribution in [0.2, 0.25) is 0 Å². The zero-order valence-corrected chi connectivity index (χ0v) is 14.6. The molecule has 0 bridgehead atoms. The Morgan fingerprint density at radius 1 is 0.842 bits per heavy atom. The Labute approximate surface area is 133 Å². The monoisotopic (exact) mass is 326 g/mol. The second kappa shape index (κ2) is 7.21. The Kier molecular flexibility index (Phi) is 5.87. The van der Waals surface area contributed by atoms with E-state index in [2.05, 4.69) is 27.0 Å². The molecular weight excluding hydrogens is 308 g/mol. The summed E-state index contributed by atoms with van der Waals surface area (Å²) in [7, 11) is 0. The highest BCUT2D eigenvalue weighted by molar-refractivity contribution is 8.34. The lowest BCUT2D eigenvalue weighted by molar-refractivity contribution is 1.19. The van der Waals surface area contributed by atoms with Gasteiger partial charge in [-0.2, -0.15) is 0 Å². The van der Waals surface area contributed by atoms with Crippen molar-refractivity contribution in [3.8, 4) is 0 Å². The van der Waals surface area contributed by atoms with Gasteiger partial charge in [-0.15, -0.1) is 13.2 Å². The standard InChI is InChI=1S/C15H18S4/c1-5-8-12-13(9-6-2)19-15(18-12)14-16-10(4)11(7-3)17-14/h5-6H,1-2,7-9H2,3-4H3. The molecule has 0 spiro atoms. The number of hydrogen-bond acceptors (Lipinski definition) is 4. The van der Waals surface area contributed by atoms with Gasteiger partial charge in [0.1, 0.15) is 0 Å². The lowest BCUT2D eigenvalue weighted by Crippen LogP contribution is -1.75. The third-order valence-electron chi connectivity index (χ3n) is 2.74. The SMILES string of the molecule is C=CCC1=C(CC=C)SC(=C2SC(C)=C(CC)S2)S1. The van der Waals surface area contributed by atoms with Crippen molar-refractivity contribution in [3.05, 3.63) is 53.4 Å². The van der Waals surface area contributed by atoms with Crippen LogP contribution in [0.15, 0.2) is 53.4 Å². The second-order valence-corrected chi connectivity index (χ2v) is 9.21. The van der Waals surface area contributed by atoms with Gasteiger partial charge >= 0.3 is 0 Å². The van der Waals surface area contributed by atoms with Gasteiger partial charge in [0, 0.05) is 9.81 Å². The van der Waals surface area contributed by atoms with Crippen LogP contribution in [0.3, 0.4) is 0 Å².